The highest BCUT2D eigenvalue weighted by Crippen LogP contribution is 2.45. The van der Waals surface area contributed by atoms with Crippen LogP contribution in [0.15, 0.2) is 11.6 Å². The molecule has 1 heterocycles. The molecule has 1 saturated heterocycles. The van der Waals surface area contributed by atoms with Crippen LogP contribution in [0.3, 0.4) is 0 Å². The first-order valence-electron chi connectivity index (χ1n) is 7.93. The molecule has 0 aromatic carbocycles. The Hall–Kier alpha value is -0.420. The van der Waals surface area contributed by atoms with Crippen LogP contribution in [0.25, 0.3) is 0 Å². The standard InChI is InChI=1S/C16H27NO3/c1-11(2)12-4-7-15(3)14(10-12)18-16(20-19-15)8-5-13(17)6-9-16/h10-11,13-14H,4-9,17H2,1-3H3/t13?,14-,15+,16?/m0/s1. The van der Waals surface area contributed by atoms with Gasteiger partial charge in [-0.1, -0.05) is 25.5 Å². The number of hydrogen-bond acceptors (Lipinski definition) is 4. The van der Waals surface area contributed by atoms with Gasteiger partial charge in [-0.2, -0.15) is 0 Å². The van der Waals surface area contributed by atoms with E-state index in [9.17, 15) is 0 Å². The lowest BCUT2D eigenvalue weighted by Gasteiger charge is -2.51. The predicted octanol–water partition coefficient (Wildman–Crippen LogP) is 3.07. The molecule has 3 rings (SSSR count). The highest BCUT2D eigenvalue weighted by atomic mass is 17.2. The molecule has 4 heteroatoms. The molecule has 1 aliphatic heterocycles. The molecule has 0 unspecified atom stereocenters. The fourth-order valence-electron chi connectivity index (χ4n) is 3.42. The van der Waals surface area contributed by atoms with Gasteiger partial charge in [0.1, 0.15) is 11.7 Å². The Morgan fingerprint density at radius 2 is 1.90 bits per heavy atom. The van der Waals surface area contributed by atoms with Gasteiger partial charge in [-0.3, -0.25) is 0 Å². The van der Waals surface area contributed by atoms with Crippen molar-refractivity contribution in [2.75, 3.05) is 0 Å². The van der Waals surface area contributed by atoms with E-state index < -0.39 is 5.79 Å². The lowest BCUT2D eigenvalue weighted by atomic mass is 9.80. The summed E-state index contributed by atoms with van der Waals surface area (Å²) in [6.07, 6.45) is 7.81. The van der Waals surface area contributed by atoms with Crippen molar-refractivity contribution < 1.29 is 14.5 Å². The second-order valence-electron chi connectivity index (χ2n) is 7.16. The third kappa shape index (κ3) is 2.54. The lowest BCUT2D eigenvalue weighted by molar-refractivity contribution is -0.527. The number of fused-ring (bicyclic) bond motifs is 1. The number of allylic oxidation sites excluding steroid dienone is 1. The Morgan fingerprint density at radius 3 is 2.55 bits per heavy atom. The van der Waals surface area contributed by atoms with Gasteiger partial charge >= 0.3 is 0 Å². The zero-order valence-electron chi connectivity index (χ0n) is 12.9. The Bertz CT molecular complexity index is 399. The van der Waals surface area contributed by atoms with E-state index >= 15 is 0 Å². The van der Waals surface area contributed by atoms with Crippen molar-refractivity contribution in [1.82, 2.24) is 0 Å². The Balaban J connectivity index is 1.78. The average molecular weight is 281 g/mol. The van der Waals surface area contributed by atoms with Crippen LogP contribution in [0.4, 0.5) is 0 Å². The quantitative estimate of drug-likeness (QED) is 0.593. The summed E-state index contributed by atoms with van der Waals surface area (Å²) < 4.78 is 6.37. The van der Waals surface area contributed by atoms with Gasteiger partial charge in [0.2, 0.25) is 5.79 Å². The van der Waals surface area contributed by atoms with Gasteiger partial charge in [0.05, 0.1) is 0 Å². The van der Waals surface area contributed by atoms with Crippen molar-refractivity contribution in [1.29, 1.82) is 0 Å². The van der Waals surface area contributed by atoms with Crippen LogP contribution >= 0.6 is 0 Å². The van der Waals surface area contributed by atoms with Gasteiger partial charge in [-0.05, 0) is 38.5 Å². The van der Waals surface area contributed by atoms with Gasteiger partial charge in [0.25, 0.3) is 0 Å². The molecule has 2 fully saturated rings. The first-order valence-corrected chi connectivity index (χ1v) is 7.93. The van der Waals surface area contributed by atoms with E-state index in [0.717, 1.165) is 38.5 Å². The van der Waals surface area contributed by atoms with E-state index in [2.05, 4.69) is 26.8 Å². The Morgan fingerprint density at radius 1 is 1.20 bits per heavy atom. The topological polar surface area (TPSA) is 53.7 Å². The number of rotatable bonds is 1. The van der Waals surface area contributed by atoms with Crippen LogP contribution in [0, 0.1) is 5.92 Å². The summed E-state index contributed by atoms with van der Waals surface area (Å²) in [7, 11) is 0. The van der Waals surface area contributed by atoms with Crippen LogP contribution in [0.1, 0.15) is 59.3 Å². The van der Waals surface area contributed by atoms with E-state index in [0.29, 0.717) is 5.92 Å². The Labute approximate surface area is 121 Å². The van der Waals surface area contributed by atoms with Crippen molar-refractivity contribution in [3.63, 3.8) is 0 Å². The van der Waals surface area contributed by atoms with Gasteiger partial charge in [-0.15, -0.1) is 0 Å². The third-order valence-electron chi connectivity index (χ3n) is 5.14. The normalized spacial score (nSPS) is 45.4. The molecule has 0 aromatic heterocycles. The van der Waals surface area contributed by atoms with Crippen LogP contribution in [-0.4, -0.2) is 23.5 Å². The summed E-state index contributed by atoms with van der Waals surface area (Å²) in [6, 6.07) is 0.272. The molecule has 114 valence electrons. The summed E-state index contributed by atoms with van der Waals surface area (Å²) in [5, 5.41) is 0. The fraction of sp³-hybridized carbons (Fsp3) is 0.875. The summed E-state index contributed by atoms with van der Waals surface area (Å²) in [6.45, 7) is 6.57. The van der Waals surface area contributed by atoms with Gasteiger partial charge in [0.15, 0.2) is 0 Å². The summed E-state index contributed by atoms with van der Waals surface area (Å²) in [5.41, 5.74) is 7.11. The third-order valence-corrected chi connectivity index (χ3v) is 5.14. The molecule has 3 aliphatic rings. The minimum atomic E-state index is -0.573. The molecule has 0 bridgehead atoms. The number of ether oxygens (including phenoxy) is 1. The van der Waals surface area contributed by atoms with Gasteiger partial charge in [-0.25, -0.2) is 9.78 Å². The Kier molecular flexibility index (Phi) is 3.70. The van der Waals surface area contributed by atoms with Crippen LogP contribution < -0.4 is 5.73 Å². The molecule has 2 atom stereocenters. The summed E-state index contributed by atoms with van der Waals surface area (Å²) in [4.78, 5) is 11.5. The van der Waals surface area contributed by atoms with Crippen molar-refractivity contribution in [2.45, 2.75) is 82.8 Å². The van der Waals surface area contributed by atoms with E-state index in [1.807, 2.05) is 0 Å². The predicted molar refractivity (Wildman–Crippen MR) is 76.8 cm³/mol. The molecule has 1 saturated carbocycles. The average Bonchev–Trinajstić information content (AvgIpc) is 2.42. The molecule has 2 aliphatic carbocycles. The highest BCUT2D eigenvalue weighted by molar-refractivity contribution is 5.18. The second kappa shape index (κ2) is 5.09. The van der Waals surface area contributed by atoms with E-state index in [4.69, 9.17) is 20.2 Å². The molecular weight excluding hydrogens is 254 g/mol. The van der Waals surface area contributed by atoms with E-state index in [1.54, 1.807) is 0 Å². The number of hydrogen-bond donors (Lipinski definition) is 1. The second-order valence-corrected chi connectivity index (χ2v) is 7.16. The van der Waals surface area contributed by atoms with Crippen LogP contribution in [0.5, 0.6) is 0 Å². The minimum Gasteiger partial charge on any atom is -0.337 e. The van der Waals surface area contributed by atoms with E-state index in [1.165, 1.54) is 5.57 Å². The lowest BCUT2D eigenvalue weighted by Crippen LogP contribution is -2.58. The molecule has 2 N–H and O–H groups in total. The smallest absolute Gasteiger partial charge is 0.202 e. The largest absolute Gasteiger partial charge is 0.337 e. The first-order chi connectivity index (χ1) is 9.42. The summed E-state index contributed by atoms with van der Waals surface area (Å²) in [5.74, 6) is -0.00240. The van der Waals surface area contributed by atoms with Crippen LogP contribution in [-0.2, 0) is 14.5 Å². The molecule has 4 nitrogen and oxygen atoms in total. The van der Waals surface area contributed by atoms with Crippen molar-refractivity contribution in [2.24, 2.45) is 11.7 Å². The summed E-state index contributed by atoms with van der Waals surface area (Å²) >= 11 is 0. The zero-order chi connectivity index (χ0) is 14.4. The van der Waals surface area contributed by atoms with Crippen molar-refractivity contribution in [3.05, 3.63) is 11.6 Å². The highest BCUT2D eigenvalue weighted by Gasteiger charge is 2.52. The van der Waals surface area contributed by atoms with Crippen molar-refractivity contribution >= 4 is 0 Å². The molecular formula is C16H27NO3. The maximum absolute atomic E-state index is 6.37. The fourth-order valence-corrected chi connectivity index (χ4v) is 3.42. The zero-order valence-corrected chi connectivity index (χ0v) is 12.9. The molecule has 0 aromatic rings. The maximum Gasteiger partial charge on any atom is 0.202 e. The SMILES string of the molecule is CC(C)C1=C[C@@H]2OC3(CCC(N)CC3)OO[C@]2(C)CC1. The van der Waals surface area contributed by atoms with Crippen molar-refractivity contribution in [3.8, 4) is 0 Å². The molecule has 0 amide bonds. The van der Waals surface area contributed by atoms with Gasteiger partial charge < -0.3 is 10.5 Å². The monoisotopic (exact) mass is 281 g/mol. The minimum absolute atomic E-state index is 0.00303. The first kappa shape index (κ1) is 14.5. The maximum atomic E-state index is 6.37. The number of nitrogens with two attached hydrogens (primary N) is 1. The van der Waals surface area contributed by atoms with Gasteiger partial charge in [0, 0.05) is 18.9 Å². The molecule has 1 spiro atoms. The molecule has 20 heavy (non-hydrogen) atoms. The van der Waals surface area contributed by atoms with E-state index in [-0.39, 0.29) is 17.7 Å². The molecule has 0 radical (unpaired) electrons. The van der Waals surface area contributed by atoms with Crippen LogP contribution in [0.2, 0.25) is 0 Å².